The second-order valence-corrected chi connectivity index (χ2v) is 4.84. The zero-order chi connectivity index (χ0) is 15.2. The van der Waals surface area contributed by atoms with Gasteiger partial charge >= 0.3 is 0 Å². The monoisotopic (exact) mass is 291 g/mol. The van der Waals surface area contributed by atoms with Gasteiger partial charge in [-0.25, -0.2) is 8.78 Å². The number of benzene rings is 2. The van der Waals surface area contributed by atoms with Crippen LogP contribution in [0.3, 0.4) is 0 Å². The molecule has 2 aromatic rings. The predicted molar refractivity (Wildman–Crippen MR) is 80.3 cm³/mol. The molecule has 0 fully saturated rings. The molecule has 2 nitrogen and oxygen atoms in total. The molecule has 0 bridgehead atoms. The molecule has 0 aliphatic rings. The highest BCUT2D eigenvalue weighted by Crippen LogP contribution is 2.28. The fourth-order valence-electron chi connectivity index (χ4n) is 2.15. The molecule has 4 heteroatoms. The number of nitrogens with one attached hydrogen (secondary N) is 1. The number of halogens is 2. The second kappa shape index (κ2) is 7.18. The Morgan fingerprint density at radius 1 is 1.05 bits per heavy atom. The van der Waals surface area contributed by atoms with Gasteiger partial charge in [-0.3, -0.25) is 0 Å². The molecular formula is C17H19F2NO. The number of ether oxygens (including phenoxy) is 1. The smallest absolute Gasteiger partial charge is 0.165 e. The lowest BCUT2D eigenvalue weighted by Gasteiger charge is -2.09. The summed E-state index contributed by atoms with van der Waals surface area (Å²) in [5.41, 5.74) is 1.87. The SMILES string of the molecule is CCCNCc1ccc(F)c(-c2ccc(OC)c(F)c2)c1. The largest absolute Gasteiger partial charge is 0.494 e. The van der Waals surface area contributed by atoms with Crippen LogP contribution in [0.2, 0.25) is 0 Å². The average Bonchev–Trinajstić information content (AvgIpc) is 2.49. The van der Waals surface area contributed by atoms with E-state index in [4.69, 9.17) is 4.74 Å². The van der Waals surface area contributed by atoms with Crippen molar-refractivity contribution in [3.8, 4) is 16.9 Å². The van der Waals surface area contributed by atoms with E-state index < -0.39 is 5.82 Å². The third-order valence-corrected chi connectivity index (χ3v) is 3.25. The molecule has 2 aromatic carbocycles. The van der Waals surface area contributed by atoms with Gasteiger partial charge in [-0.15, -0.1) is 0 Å². The van der Waals surface area contributed by atoms with Crippen LogP contribution in [-0.4, -0.2) is 13.7 Å². The number of rotatable bonds is 6. The molecule has 0 saturated carbocycles. The predicted octanol–water partition coefficient (Wildman–Crippen LogP) is 4.14. The van der Waals surface area contributed by atoms with Crippen molar-refractivity contribution in [1.82, 2.24) is 5.32 Å². The van der Waals surface area contributed by atoms with Crippen molar-refractivity contribution >= 4 is 0 Å². The van der Waals surface area contributed by atoms with Crippen molar-refractivity contribution in [2.45, 2.75) is 19.9 Å². The molecule has 21 heavy (non-hydrogen) atoms. The lowest BCUT2D eigenvalue weighted by molar-refractivity contribution is 0.386. The van der Waals surface area contributed by atoms with Crippen LogP contribution in [0.15, 0.2) is 36.4 Å². The molecule has 0 aliphatic carbocycles. The first kappa shape index (κ1) is 15.4. The highest BCUT2D eigenvalue weighted by molar-refractivity contribution is 5.66. The van der Waals surface area contributed by atoms with Gasteiger partial charge in [0, 0.05) is 12.1 Å². The molecule has 2 rings (SSSR count). The lowest BCUT2D eigenvalue weighted by atomic mass is 10.0. The topological polar surface area (TPSA) is 21.3 Å². The highest BCUT2D eigenvalue weighted by atomic mass is 19.1. The van der Waals surface area contributed by atoms with Crippen molar-refractivity contribution in [1.29, 1.82) is 0 Å². The summed E-state index contributed by atoms with van der Waals surface area (Å²) in [4.78, 5) is 0. The van der Waals surface area contributed by atoms with Crippen molar-refractivity contribution in [2.24, 2.45) is 0 Å². The van der Waals surface area contributed by atoms with Gasteiger partial charge in [0.25, 0.3) is 0 Å². The van der Waals surface area contributed by atoms with Gasteiger partial charge in [-0.1, -0.05) is 19.1 Å². The van der Waals surface area contributed by atoms with Gasteiger partial charge in [0.15, 0.2) is 11.6 Å². The Bertz CT molecular complexity index is 614. The van der Waals surface area contributed by atoms with Crippen molar-refractivity contribution < 1.29 is 13.5 Å². The van der Waals surface area contributed by atoms with E-state index in [9.17, 15) is 8.78 Å². The Morgan fingerprint density at radius 2 is 1.86 bits per heavy atom. The van der Waals surface area contributed by atoms with Gasteiger partial charge in [-0.05, 0) is 48.4 Å². The first-order valence-electron chi connectivity index (χ1n) is 6.98. The van der Waals surface area contributed by atoms with Gasteiger partial charge in [0.1, 0.15) is 5.82 Å². The standard InChI is InChI=1S/C17H19F2NO/c1-3-8-20-11-12-4-6-15(18)14(9-12)13-5-7-17(21-2)16(19)10-13/h4-7,9-10,20H,3,8,11H2,1-2H3. The molecule has 0 heterocycles. The Kier molecular flexibility index (Phi) is 5.28. The Hall–Kier alpha value is -1.94. The van der Waals surface area contributed by atoms with E-state index in [1.807, 2.05) is 0 Å². The molecule has 0 aliphatic heterocycles. The zero-order valence-electron chi connectivity index (χ0n) is 12.2. The van der Waals surface area contributed by atoms with Crippen molar-refractivity contribution in [2.75, 3.05) is 13.7 Å². The Morgan fingerprint density at radius 3 is 2.52 bits per heavy atom. The molecule has 0 atom stereocenters. The molecule has 0 saturated heterocycles. The van der Waals surface area contributed by atoms with Crippen LogP contribution in [0.5, 0.6) is 5.75 Å². The fourth-order valence-corrected chi connectivity index (χ4v) is 2.15. The third-order valence-electron chi connectivity index (χ3n) is 3.25. The molecule has 0 unspecified atom stereocenters. The van der Waals surface area contributed by atoms with Crippen LogP contribution in [0.1, 0.15) is 18.9 Å². The fraction of sp³-hybridized carbons (Fsp3) is 0.294. The van der Waals surface area contributed by atoms with E-state index in [2.05, 4.69) is 12.2 Å². The van der Waals surface area contributed by atoms with Gasteiger partial charge in [0.2, 0.25) is 0 Å². The summed E-state index contributed by atoms with van der Waals surface area (Å²) in [5.74, 6) is -0.706. The van der Waals surface area contributed by atoms with Gasteiger partial charge in [0.05, 0.1) is 7.11 Å². The van der Waals surface area contributed by atoms with Crippen LogP contribution >= 0.6 is 0 Å². The maximum absolute atomic E-state index is 14.0. The Balaban J connectivity index is 2.29. The van der Waals surface area contributed by atoms with Gasteiger partial charge < -0.3 is 10.1 Å². The number of hydrogen-bond donors (Lipinski definition) is 1. The van der Waals surface area contributed by atoms with E-state index in [-0.39, 0.29) is 11.6 Å². The molecular weight excluding hydrogens is 272 g/mol. The van der Waals surface area contributed by atoms with Crippen molar-refractivity contribution in [3.63, 3.8) is 0 Å². The summed E-state index contributed by atoms with van der Waals surface area (Å²) in [7, 11) is 1.40. The molecule has 0 radical (unpaired) electrons. The normalized spacial score (nSPS) is 10.7. The summed E-state index contributed by atoms with van der Waals surface area (Å²) in [6.45, 7) is 3.66. The minimum Gasteiger partial charge on any atom is -0.494 e. The third kappa shape index (κ3) is 3.79. The second-order valence-electron chi connectivity index (χ2n) is 4.84. The molecule has 0 amide bonds. The Labute approximate surface area is 123 Å². The molecule has 0 aromatic heterocycles. The van der Waals surface area contributed by atoms with E-state index in [0.29, 0.717) is 17.7 Å². The molecule has 1 N–H and O–H groups in total. The van der Waals surface area contributed by atoms with E-state index in [1.165, 1.54) is 25.3 Å². The minimum atomic E-state index is -0.496. The van der Waals surface area contributed by atoms with Crippen molar-refractivity contribution in [3.05, 3.63) is 53.6 Å². The van der Waals surface area contributed by atoms with E-state index >= 15 is 0 Å². The maximum Gasteiger partial charge on any atom is 0.165 e. The quantitative estimate of drug-likeness (QED) is 0.808. The van der Waals surface area contributed by atoms with Crippen LogP contribution in [0.25, 0.3) is 11.1 Å². The minimum absolute atomic E-state index is 0.153. The summed E-state index contributed by atoms with van der Waals surface area (Å²) in [6.07, 6.45) is 1.04. The first-order chi connectivity index (χ1) is 10.2. The average molecular weight is 291 g/mol. The van der Waals surface area contributed by atoms with Gasteiger partial charge in [-0.2, -0.15) is 0 Å². The summed E-state index contributed by atoms with van der Waals surface area (Å²) in [6, 6.07) is 9.36. The summed E-state index contributed by atoms with van der Waals surface area (Å²) < 4.78 is 32.6. The first-order valence-corrected chi connectivity index (χ1v) is 6.98. The molecule has 0 spiro atoms. The maximum atomic E-state index is 14.0. The number of methoxy groups -OCH3 is 1. The summed E-state index contributed by atoms with van der Waals surface area (Å²) >= 11 is 0. The lowest BCUT2D eigenvalue weighted by Crippen LogP contribution is -2.13. The van der Waals surface area contributed by atoms with Crippen LogP contribution in [-0.2, 0) is 6.54 Å². The number of hydrogen-bond acceptors (Lipinski definition) is 2. The van der Waals surface area contributed by atoms with Crippen LogP contribution < -0.4 is 10.1 Å². The summed E-state index contributed by atoms with van der Waals surface area (Å²) in [5, 5.41) is 3.26. The van der Waals surface area contributed by atoms with E-state index in [1.54, 1.807) is 18.2 Å². The van der Waals surface area contributed by atoms with Crippen LogP contribution in [0.4, 0.5) is 8.78 Å². The van der Waals surface area contributed by atoms with Crippen LogP contribution in [0, 0.1) is 11.6 Å². The van der Waals surface area contributed by atoms with E-state index in [0.717, 1.165) is 18.5 Å². The highest BCUT2D eigenvalue weighted by Gasteiger charge is 2.10. The zero-order valence-corrected chi connectivity index (χ0v) is 12.2. The molecule has 112 valence electrons.